The van der Waals surface area contributed by atoms with E-state index >= 15 is 0 Å². The van der Waals surface area contributed by atoms with Gasteiger partial charge in [-0.1, -0.05) is 28.9 Å². The molecule has 0 saturated heterocycles. The van der Waals surface area contributed by atoms with Crippen molar-refractivity contribution in [2.45, 2.75) is 6.92 Å². The fourth-order valence-corrected chi connectivity index (χ4v) is 2.48. The minimum atomic E-state index is -0.298. The van der Waals surface area contributed by atoms with Crippen molar-refractivity contribution < 1.29 is 8.91 Å². The number of halogens is 2. The van der Waals surface area contributed by atoms with Crippen LogP contribution in [0, 0.1) is 12.7 Å². The molecule has 0 atom stereocenters. The molecule has 0 fully saturated rings. The molecule has 0 bridgehead atoms. The Morgan fingerprint density at radius 3 is 2.71 bits per heavy atom. The third kappa shape index (κ3) is 2.50. The van der Waals surface area contributed by atoms with Gasteiger partial charge in [-0.05, 0) is 48.4 Å². The van der Waals surface area contributed by atoms with Crippen molar-refractivity contribution in [3.05, 3.63) is 58.9 Å². The molecule has 0 saturated carbocycles. The Kier molecular flexibility index (Phi) is 3.39. The van der Waals surface area contributed by atoms with Gasteiger partial charge in [-0.15, -0.1) is 0 Å². The summed E-state index contributed by atoms with van der Waals surface area (Å²) in [6.45, 7) is 1.80. The van der Waals surface area contributed by atoms with Gasteiger partial charge in [-0.3, -0.25) is 0 Å². The molecule has 0 unspecified atom stereocenters. The van der Waals surface area contributed by atoms with Gasteiger partial charge in [0.05, 0.1) is 5.56 Å². The summed E-state index contributed by atoms with van der Waals surface area (Å²) in [6, 6.07) is 11.7. The van der Waals surface area contributed by atoms with Crippen molar-refractivity contribution in [3.63, 3.8) is 0 Å². The zero-order valence-electron chi connectivity index (χ0n) is 11.2. The predicted molar refractivity (Wildman–Crippen MR) is 81.5 cm³/mol. The molecule has 1 aromatic heterocycles. The van der Waals surface area contributed by atoms with Crippen LogP contribution in [0.15, 0.2) is 47.0 Å². The number of aryl methyl sites for hydroxylation is 1. The molecule has 106 valence electrons. The second-order valence-corrected chi connectivity index (χ2v) is 5.18. The second-order valence-electron chi connectivity index (χ2n) is 4.74. The van der Waals surface area contributed by atoms with E-state index in [4.69, 9.17) is 21.9 Å². The van der Waals surface area contributed by atoms with E-state index in [-0.39, 0.29) is 11.6 Å². The van der Waals surface area contributed by atoms with Crippen LogP contribution in [0.2, 0.25) is 5.02 Å². The largest absolute Gasteiger partial charge is 0.380 e. The molecule has 3 rings (SSSR count). The molecular weight excluding hydrogens is 291 g/mol. The van der Waals surface area contributed by atoms with E-state index in [1.807, 2.05) is 12.1 Å². The molecule has 0 spiro atoms. The van der Waals surface area contributed by atoms with Crippen molar-refractivity contribution in [2.75, 3.05) is 5.73 Å². The third-order valence-corrected chi connectivity index (χ3v) is 3.50. The Balaban J connectivity index is 2.22. The van der Waals surface area contributed by atoms with E-state index in [0.717, 1.165) is 16.7 Å². The number of nitrogens with two attached hydrogens (primary N) is 1. The maximum Gasteiger partial charge on any atom is 0.177 e. The minimum absolute atomic E-state index is 0.274. The van der Waals surface area contributed by atoms with Crippen LogP contribution in [-0.2, 0) is 0 Å². The highest BCUT2D eigenvalue weighted by molar-refractivity contribution is 6.30. The molecule has 0 radical (unpaired) electrons. The highest BCUT2D eigenvalue weighted by Crippen LogP contribution is 2.38. The Morgan fingerprint density at radius 1 is 1.19 bits per heavy atom. The first-order valence-corrected chi connectivity index (χ1v) is 6.71. The number of hydrogen-bond acceptors (Lipinski definition) is 3. The fraction of sp³-hybridized carbons (Fsp3) is 0.0625. The summed E-state index contributed by atoms with van der Waals surface area (Å²) in [5, 5.41) is 4.42. The summed E-state index contributed by atoms with van der Waals surface area (Å²) < 4.78 is 18.6. The molecular formula is C16H12ClFN2O. The van der Waals surface area contributed by atoms with Gasteiger partial charge in [0.1, 0.15) is 5.82 Å². The summed E-state index contributed by atoms with van der Waals surface area (Å²) in [7, 11) is 0. The number of benzene rings is 2. The normalized spacial score (nSPS) is 10.8. The van der Waals surface area contributed by atoms with Gasteiger partial charge in [0.15, 0.2) is 11.6 Å². The van der Waals surface area contributed by atoms with Crippen LogP contribution in [0.1, 0.15) is 5.56 Å². The lowest BCUT2D eigenvalue weighted by atomic mass is 9.98. The van der Waals surface area contributed by atoms with Gasteiger partial charge in [0.2, 0.25) is 0 Å². The second kappa shape index (κ2) is 5.22. The lowest BCUT2D eigenvalue weighted by Gasteiger charge is -2.06. The Morgan fingerprint density at radius 2 is 2.00 bits per heavy atom. The van der Waals surface area contributed by atoms with Crippen LogP contribution in [0.3, 0.4) is 0 Å². The Hall–Kier alpha value is -2.33. The SMILES string of the molecule is Cc1cc(F)ccc1-c1onc(N)c1-c1cccc(Cl)c1. The van der Waals surface area contributed by atoms with Gasteiger partial charge < -0.3 is 10.3 Å². The lowest BCUT2D eigenvalue weighted by Crippen LogP contribution is -1.90. The fourth-order valence-electron chi connectivity index (χ4n) is 2.29. The molecule has 0 amide bonds. The van der Waals surface area contributed by atoms with Gasteiger partial charge in [0, 0.05) is 10.6 Å². The smallest absolute Gasteiger partial charge is 0.177 e. The Labute approximate surface area is 126 Å². The number of anilines is 1. The van der Waals surface area contributed by atoms with Gasteiger partial charge in [0.25, 0.3) is 0 Å². The molecule has 5 heteroatoms. The summed E-state index contributed by atoms with van der Waals surface area (Å²) >= 11 is 6.02. The van der Waals surface area contributed by atoms with E-state index in [1.165, 1.54) is 12.1 Å². The van der Waals surface area contributed by atoms with Gasteiger partial charge in [-0.25, -0.2) is 4.39 Å². The molecule has 3 aromatic rings. The van der Waals surface area contributed by atoms with Crippen LogP contribution in [-0.4, -0.2) is 5.16 Å². The topological polar surface area (TPSA) is 52.0 Å². The van der Waals surface area contributed by atoms with Crippen LogP contribution in [0.5, 0.6) is 0 Å². The first-order chi connectivity index (χ1) is 10.1. The molecule has 0 aliphatic rings. The number of nitrogens with zero attached hydrogens (tertiary/aromatic N) is 1. The zero-order chi connectivity index (χ0) is 15.0. The van der Waals surface area contributed by atoms with Crippen LogP contribution in [0.4, 0.5) is 10.2 Å². The van der Waals surface area contributed by atoms with Crippen molar-refractivity contribution in [3.8, 4) is 22.5 Å². The van der Waals surface area contributed by atoms with E-state index < -0.39 is 0 Å². The number of rotatable bonds is 2. The standard InChI is InChI=1S/C16H12ClFN2O/c1-9-7-12(18)5-6-13(9)15-14(16(19)20-21-15)10-3-2-4-11(17)8-10/h2-8H,1H3,(H2,19,20). The first-order valence-electron chi connectivity index (χ1n) is 6.34. The van der Waals surface area contributed by atoms with Crippen LogP contribution < -0.4 is 5.73 Å². The summed E-state index contributed by atoms with van der Waals surface area (Å²) in [5.41, 5.74) is 8.87. The predicted octanol–water partition coefficient (Wildman–Crippen LogP) is 4.69. The lowest BCUT2D eigenvalue weighted by molar-refractivity contribution is 0.436. The van der Waals surface area contributed by atoms with Crippen molar-refractivity contribution in [1.29, 1.82) is 0 Å². The van der Waals surface area contributed by atoms with E-state index in [9.17, 15) is 4.39 Å². The van der Waals surface area contributed by atoms with Gasteiger partial charge in [-0.2, -0.15) is 0 Å². The summed E-state index contributed by atoms with van der Waals surface area (Å²) in [4.78, 5) is 0. The van der Waals surface area contributed by atoms with E-state index in [2.05, 4.69) is 5.16 Å². The average Bonchev–Trinajstić information content (AvgIpc) is 2.80. The first kappa shape index (κ1) is 13.6. The minimum Gasteiger partial charge on any atom is -0.380 e. The van der Waals surface area contributed by atoms with E-state index in [0.29, 0.717) is 16.3 Å². The van der Waals surface area contributed by atoms with Crippen LogP contribution >= 0.6 is 11.6 Å². The number of hydrogen-bond donors (Lipinski definition) is 1. The highest BCUT2D eigenvalue weighted by atomic mass is 35.5. The molecule has 0 aliphatic carbocycles. The monoisotopic (exact) mass is 302 g/mol. The molecule has 2 aromatic carbocycles. The zero-order valence-corrected chi connectivity index (χ0v) is 12.0. The highest BCUT2D eigenvalue weighted by Gasteiger charge is 2.19. The molecule has 3 nitrogen and oxygen atoms in total. The van der Waals surface area contributed by atoms with Crippen LogP contribution in [0.25, 0.3) is 22.5 Å². The quantitative estimate of drug-likeness (QED) is 0.747. The molecule has 1 heterocycles. The van der Waals surface area contributed by atoms with Crippen molar-refractivity contribution in [1.82, 2.24) is 5.16 Å². The maximum atomic E-state index is 13.3. The third-order valence-electron chi connectivity index (χ3n) is 3.26. The van der Waals surface area contributed by atoms with Crippen molar-refractivity contribution >= 4 is 17.4 Å². The number of aromatic nitrogens is 1. The average molecular weight is 303 g/mol. The van der Waals surface area contributed by atoms with Crippen molar-refractivity contribution in [2.24, 2.45) is 0 Å². The number of nitrogen functional groups attached to an aromatic ring is 1. The Bertz CT molecular complexity index is 814. The molecule has 0 aliphatic heterocycles. The summed E-state index contributed by atoms with van der Waals surface area (Å²) in [5.74, 6) is 0.483. The molecule has 21 heavy (non-hydrogen) atoms. The van der Waals surface area contributed by atoms with E-state index in [1.54, 1.807) is 25.1 Å². The summed E-state index contributed by atoms with van der Waals surface area (Å²) in [6.07, 6.45) is 0. The molecule has 2 N–H and O–H groups in total. The maximum absolute atomic E-state index is 13.3. The van der Waals surface area contributed by atoms with Gasteiger partial charge >= 0.3 is 0 Å².